The Balaban J connectivity index is 0.00000392. The number of methoxy groups -OCH3 is 1. The molecule has 0 saturated carbocycles. The molecule has 0 aliphatic carbocycles. The summed E-state index contributed by atoms with van der Waals surface area (Å²) in [4.78, 5) is 19.7. The van der Waals surface area contributed by atoms with E-state index >= 15 is 0 Å². The first-order chi connectivity index (χ1) is 12.8. The van der Waals surface area contributed by atoms with Crippen molar-refractivity contribution >= 4 is 41.6 Å². The second-order valence-electron chi connectivity index (χ2n) is 6.37. The number of esters is 1. The average molecular weight is 514 g/mol. The molecule has 10 heteroatoms. The Morgan fingerprint density at radius 3 is 2.46 bits per heavy atom. The number of carbonyl (C=O) groups is 1. The number of guanidine groups is 1. The average Bonchev–Trinajstić information content (AvgIpc) is 2.67. The van der Waals surface area contributed by atoms with E-state index in [0.29, 0.717) is 44.4 Å². The lowest BCUT2D eigenvalue weighted by molar-refractivity contribution is -0.144. The topological polar surface area (TPSA) is 57.2 Å². The van der Waals surface area contributed by atoms with Crippen LogP contribution in [0.4, 0.5) is 18.9 Å². The minimum Gasteiger partial charge on any atom is -0.469 e. The molecule has 0 amide bonds. The lowest BCUT2D eigenvalue weighted by Gasteiger charge is -2.38. The Hall–Kier alpha value is -1.72. The van der Waals surface area contributed by atoms with E-state index in [1.54, 1.807) is 20.0 Å². The van der Waals surface area contributed by atoms with Gasteiger partial charge < -0.3 is 19.9 Å². The zero-order chi connectivity index (χ0) is 20.0. The van der Waals surface area contributed by atoms with Crippen LogP contribution in [0.25, 0.3) is 0 Å². The van der Waals surface area contributed by atoms with Crippen molar-refractivity contribution in [1.82, 2.24) is 10.2 Å². The summed E-state index contributed by atoms with van der Waals surface area (Å²) in [5, 5.41) is 3.15. The molecular formula is C18H26F3IN4O2. The minimum atomic E-state index is -4.35. The van der Waals surface area contributed by atoms with Crippen molar-refractivity contribution in [2.75, 3.05) is 51.8 Å². The molecule has 6 nitrogen and oxygen atoms in total. The fourth-order valence-electron chi connectivity index (χ4n) is 2.92. The Labute approximate surface area is 180 Å². The zero-order valence-corrected chi connectivity index (χ0v) is 18.5. The molecule has 0 spiro atoms. The number of benzene rings is 1. The number of halogens is 4. The first-order valence-electron chi connectivity index (χ1n) is 8.72. The minimum absolute atomic E-state index is 0. The van der Waals surface area contributed by atoms with Crippen LogP contribution in [-0.4, -0.2) is 63.7 Å². The first kappa shape index (κ1) is 24.3. The third-order valence-electron chi connectivity index (χ3n) is 4.50. The molecule has 2 rings (SSSR count). The monoisotopic (exact) mass is 514 g/mol. The number of anilines is 1. The number of ether oxygens (including phenoxy) is 1. The SMILES string of the molecule is CN=C(NCC(C)C(=O)OC)N1CCN(c2cccc(C(F)(F)F)c2)CC1.I. The highest BCUT2D eigenvalue weighted by atomic mass is 127. The van der Waals surface area contributed by atoms with Crippen molar-refractivity contribution in [3.8, 4) is 0 Å². The van der Waals surface area contributed by atoms with Crippen molar-refractivity contribution in [2.24, 2.45) is 10.9 Å². The number of aliphatic imine (C=N–C) groups is 1. The van der Waals surface area contributed by atoms with Crippen LogP contribution in [0.5, 0.6) is 0 Å². The van der Waals surface area contributed by atoms with Crippen molar-refractivity contribution in [3.63, 3.8) is 0 Å². The lowest BCUT2D eigenvalue weighted by Crippen LogP contribution is -2.53. The first-order valence-corrected chi connectivity index (χ1v) is 8.72. The van der Waals surface area contributed by atoms with Crippen LogP contribution in [-0.2, 0) is 15.7 Å². The van der Waals surface area contributed by atoms with Gasteiger partial charge in [-0.05, 0) is 18.2 Å². The third-order valence-corrected chi connectivity index (χ3v) is 4.50. The van der Waals surface area contributed by atoms with Gasteiger partial charge in [-0.2, -0.15) is 13.2 Å². The van der Waals surface area contributed by atoms with E-state index in [2.05, 4.69) is 10.3 Å². The zero-order valence-electron chi connectivity index (χ0n) is 16.1. The van der Waals surface area contributed by atoms with Gasteiger partial charge in [-0.3, -0.25) is 9.79 Å². The molecule has 1 atom stereocenters. The van der Waals surface area contributed by atoms with E-state index in [0.717, 1.165) is 6.07 Å². The number of hydrogen-bond acceptors (Lipinski definition) is 4. The van der Waals surface area contributed by atoms with Crippen LogP contribution in [0.3, 0.4) is 0 Å². The van der Waals surface area contributed by atoms with Gasteiger partial charge in [0, 0.05) is 45.5 Å². The molecule has 0 bridgehead atoms. The predicted octanol–water partition coefficient (Wildman–Crippen LogP) is 2.83. The summed E-state index contributed by atoms with van der Waals surface area (Å²) in [7, 11) is 3.00. The molecule has 1 fully saturated rings. The van der Waals surface area contributed by atoms with E-state index in [1.807, 2.05) is 9.80 Å². The normalized spacial score (nSPS) is 16.3. The van der Waals surface area contributed by atoms with Gasteiger partial charge in [0.1, 0.15) is 0 Å². The van der Waals surface area contributed by atoms with Gasteiger partial charge in [-0.25, -0.2) is 0 Å². The molecule has 158 valence electrons. The fourth-order valence-corrected chi connectivity index (χ4v) is 2.92. The lowest BCUT2D eigenvalue weighted by atomic mass is 10.1. The van der Waals surface area contributed by atoms with Gasteiger partial charge in [-0.15, -0.1) is 24.0 Å². The van der Waals surface area contributed by atoms with Crippen LogP contribution >= 0.6 is 24.0 Å². The van der Waals surface area contributed by atoms with Crippen LogP contribution in [0.2, 0.25) is 0 Å². The molecule has 1 N–H and O–H groups in total. The number of hydrogen-bond donors (Lipinski definition) is 1. The van der Waals surface area contributed by atoms with Gasteiger partial charge in [0.25, 0.3) is 0 Å². The molecule has 1 heterocycles. The third kappa shape index (κ3) is 6.42. The van der Waals surface area contributed by atoms with Crippen LogP contribution in [0.1, 0.15) is 12.5 Å². The van der Waals surface area contributed by atoms with Crippen molar-refractivity contribution in [1.29, 1.82) is 0 Å². The highest BCUT2D eigenvalue weighted by Crippen LogP contribution is 2.31. The number of nitrogens with one attached hydrogen (secondary N) is 1. The van der Waals surface area contributed by atoms with E-state index in [9.17, 15) is 18.0 Å². The van der Waals surface area contributed by atoms with Gasteiger partial charge in [0.05, 0.1) is 18.6 Å². The van der Waals surface area contributed by atoms with Crippen LogP contribution in [0.15, 0.2) is 29.3 Å². The summed E-state index contributed by atoms with van der Waals surface area (Å²) in [6, 6.07) is 5.38. The molecule has 1 aliphatic rings. The smallest absolute Gasteiger partial charge is 0.416 e. The standard InChI is InChI=1S/C18H25F3N4O2.HI/c1-13(16(26)27-3)12-23-17(22-2)25-9-7-24(8-10-25)15-6-4-5-14(11-15)18(19,20)21;/h4-6,11,13H,7-10,12H2,1-3H3,(H,22,23);1H. The number of rotatable bonds is 4. The van der Waals surface area contributed by atoms with Crippen LogP contribution in [0, 0.1) is 5.92 Å². The van der Waals surface area contributed by atoms with Gasteiger partial charge in [0.2, 0.25) is 0 Å². The Kier molecular flexibility index (Phi) is 9.31. The molecule has 0 radical (unpaired) electrons. The quantitative estimate of drug-likeness (QED) is 0.290. The summed E-state index contributed by atoms with van der Waals surface area (Å²) in [6.45, 7) is 4.54. The number of nitrogens with zero attached hydrogens (tertiary/aromatic N) is 3. The number of carbonyl (C=O) groups excluding carboxylic acids is 1. The second kappa shape index (κ2) is 10.7. The number of alkyl halides is 3. The summed E-state index contributed by atoms with van der Waals surface area (Å²) in [5.41, 5.74) is -0.0801. The summed E-state index contributed by atoms with van der Waals surface area (Å²) < 4.78 is 43.4. The maximum absolute atomic E-state index is 12.9. The second-order valence-corrected chi connectivity index (χ2v) is 6.37. The maximum atomic E-state index is 12.9. The molecule has 1 aromatic rings. The highest BCUT2D eigenvalue weighted by Gasteiger charge is 2.31. The molecule has 0 aromatic heterocycles. The van der Waals surface area contributed by atoms with Gasteiger partial charge in [-0.1, -0.05) is 13.0 Å². The molecule has 1 aliphatic heterocycles. The van der Waals surface area contributed by atoms with Crippen molar-refractivity contribution in [2.45, 2.75) is 13.1 Å². The van der Waals surface area contributed by atoms with Crippen molar-refractivity contribution in [3.05, 3.63) is 29.8 Å². The molecular weight excluding hydrogens is 488 g/mol. The molecule has 1 unspecified atom stereocenters. The fraction of sp³-hybridized carbons (Fsp3) is 0.556. The van der Waals surface area contributed by atoms with Gasteiger partial charge >= 0.3 is 12.1 Å². The van der Waals surface area contributed by atoms with E-state index in [4.69, 9.17) is 4.74 Å². The van der Waals surface area contributed by atoms with Crippen molar-refractivity contribution < 1.29 is 22.7 Å². The Morgan fingerprint density at radius 1 is 1.29 bits per heavy atom. The Morgan fingerprint density at radius 2 is 1.93 bits per heavy atom. The summed E-state index contributed by atoms with van der Waals surface area (Å²) >= 11 is 0. The summed E-state index contributed by atoms with van der Waals surface area (Å²) in [5.74, 6) is 0.0555. The van der Waals surface area contributed by atoms with Crippen LogP contribution < -0.4 is 10.2 Å². The largest absolute Gasteiger partial charge is 0.469 e. The Bertz CT molecular complexity index is 677. The summed E-state index contributed by atoms with van der Waals surface area (Å²) in [6.07, 6.45) is -4.35. The highest BCUT2D eigenvalue weighted by molar-refractivity contribution is 14.0. The molecule has 1 aromatic carbocycles. The van der Waals surface area contributed by atoms with Gasteiger partial charge in [0.15, 0.2) is 5.96 Å². The van der Waals surface area contributed by atoms with E-state index < -0.39 is 11.7 Å². The molecule has 28 heavy (non-hydrogen) atoms. The number of piperazine rings is 1. The van der Waals surface area contributed by atoms with E-state index in [1.165, 1.54) is 19.2 Å². The maximum Gasteiger partial charge on any atom is 0.416 e. The van der Waals surface area contributed by atoms with E-state index in [-0.39, 0.29) is 35.9 Å². The predicted molar refractivity (Wildman–Crippen MR) is 113 cm³/mol. The molecule has 1 saturated heterocycles.